The van der Waals surface area contributed by atoms with E-state index in [1.807, 2.05) is 0 Å². The second kappa shape index (κ2) is 4.78. The number of hydrogen-bond acceptors (Lipinski definition) is 2. The number of benzene rings is 1. The van der Waals surface area contributed by atoms with Crippen molar-refractivity contribution < 1.29 is 4.39 Å². The van der Waals surface area contributed by atoms with Crippen molar-refractivity contribution >= 4 is 11.0 Å². The molecule has 3 rings (SSSR count). The highest BCUT2D eigenvalue weighted by molar-refractivity contribution is 5.77. The summed E-state index contributed by atoms with van der Waals surface area (Å²) in [5, 5.41) is 8.84. The molecule has 1 N–H and O–H groups in total. The second-order valence-corrected chi connectivity index (χ2v) is 5.67. The molecule has 0 aliphatic heterocycles. The molecule has 20 heavy (non-hydrogen) atoms. The maximum Gasteiger partial charge on any atom is 0.326 e. The van der Waals surface area contributed by atoms with Crippen molar-refractivity contribution in [2.45, 2.75) is 38.6 Å². The Labute approximate surface area is 115 Å². The van der Waals surface area contributed by atoms with Crippen molar-refractivity contribution in [1.82, 2.24) is 9.55 Å². The van der Waals surface area contributed by atoms with Gasteiger partial charge in [-0.25, -0.2) is 9.18 Å². The minimum Gasteiger partial charge on any atom is -0.305 e. The predicted molar refractivity (Wildman–Crippen MR) is 73.9 cm³/mol. The zero-order valence-corrected chi connectivity index (χ0v) is 11.3. The SMILES string of the molecule is C[C@H]1CC[C@H](n2c(=O)[nH]c3cc(C#N)c(F)cc32)CC1. The number of aromatic amines is 1. The van der Waals surface area contributed by atoms with Crippen LogP contribution >= 0.6 is 0 Å². The Morgan fingerprint density at radius 3 is 2.70 bits per heavy atom. The van der Waals surface area contributed by atoms with Gasteiger partial charge in [0.05, 0.1) is 16.6 Å². The first-order valence-electron chi connectivity index (χ1n) is 6.94. The number of nitriles is 1. The van der Waals surface area contributed by atoms with Crippen molar-refractivity contribution in [2.24, 2.45) is 5.92 Å². The standard InChI is InChI=1S/C15H16FN3O/c1-9-2-4-11(5-3-9)19-14-7-12(16)10(8-17)6-13(14)18-15(19)20/h6-7,9,11H,2-5H2,1H3,(H,18,20)/t9-,11-. The quantitative estimate of drug-likeness (QED) is 0.867. The number of aromatic nitrogens is 2. The number of nitrogens with one attached hydrogen (secondary N) is 1. The van der Waals surface area contributed by atoms with Crippen molar-refractivity contribution in [2.75, 3.05) is 0 Å². The molecule has 2 aromatic rings. The van der Waals surface area contributed by atoms with Crippen molar-refractivity contribution in [3.8, 4) is 6.07 Å². The largest absolute Gasteiger partial charge is 0.326 e. The lowest BCUT2D eigenvalue weighted by Crippen LogP contribution is -2.25. The lowest BCUT2D eigenvalue weighted by Gasteiger charge is -2.27. The van der Waals surface area contributed by atoms with Crippen LogP contribution in [0.25, 0.3) is 11.0 Å². The fourth-order valence-electron chi connectivity index (χ4n) is 3.10. The summed E-state index contributed by atoms with van der Waals surface area (Å²) in [7, 11) is 0. The normalized spacial score (nSPS) is 22.9. The third-order valence-corrected chi connectivity index (χ3v) is 4.28. The molecular formula is C15H16FN3O. The molecule has 104 valence electrons. The van der Waals surface area contributed by atoms with E-state index >= 15 is 0 Å². The summed E-state index contributed by atoms with van der Waals surface area (Å²) in [6.07, 6.45) is 4.05. The fraction of sp³-hybridized carbons (Fsp3) is 0.467. The summed E-state index contributed by atoms with van der Waals surface area (Å²) in [5.41, 5.74) is 0.842. The van der Waals surface area contributed by atoms with E-state index in [2.05, 4.69) is 11.9 Å². The minimum atomic E-state index is -0.572. The maximum absolute atomic E-state index is 13.8. The number of halogens is 1. The highest BCUT2D eigenvalue weighted by atomic mass is 19.1. The molecule has 0 radical (unpaired) electrons. The number of fused-ring (bicyclic) bond motifs is 1. The third kappa shape index (κ3) is 2.01. The van der Waals surface area contributed by atoms with E-state index < -0.39 is 5.82 Å². The monoisotopic (exact) mass is 273 g/mol. The van der Waals surface area contributed by atoms with Crippen LogP contribution in [0.5, 0.6) is 0 Å². The highest BCUT2D eigenvalue weighted by Gasteiger charge is 2.23. The van der Waals surface area contributed by atoms with Gasteiger partial charge in [-0.2, -0.15) is 5.26 Å². The molecule has 1 aromatic carbocycles. The number of imidazole rings is 1. The Morgan fingerprint density at radius 2 is 2.05 bits per heavy atom. The first kappa shape index (κ1) is 12.9. The van der Waals surface area contributed by atoms with E-state index in [4.69, 9.17) is 5.26 Å². The fourth-order valence-corrected chi connectivity index (χ4v) is 3.10. The number of hydrogen-bond donors (Lipinski definition) is 1. The molecule has 0 bridgehead atoms. The summed E-state index contributed by atoms with van der Waals surface area (Å²) in [4.78, 5) is 14.9. The summed E-state index contributed by atoms with van der Waals surface area (Å²) in [6.45, 7) is 2.22. The van der Waals surface area contributed by atoms with Gasteiger partial charge in [0.25, 0.3) is 0 Å². The lowest BCUT2D eigenvalue weighted by molar-refractivity contribution is 0.290. The van der Waals surface area contributed by atoms with Crippen LogP contribution in [-0.4, -0.2) is 9.55 Å². The van der Waals surface area contributed by atoms with Gasteiger partial charge in [-0.1, -0.05) is 6.92 Å². The average molecular weight is 273 g/mol. The van der Waals surface area contributed by atoms with Crippen molar-refractivity contribution in [3.05, 3.63) is 34.0 Å². The summed E-state index contributed by atoms with van der Waals surface area (Å²) < 4.78 is 15.4. The van der Waals surface area contributed by atoms with E-state index in [-0.39, 0.29) is 17.3 Å². The molecule has 0 unspecified atom stereocenters. The predicted octanol–water partition coefficient (Wildman–Crippen LogP) is 3.09. The third-order valence-electron chi connectivity index (χ3n) is 4.28. The van der Waals surface area contributed by atoms with Gasteiger partial charge < -0.3 is 4.98 Å². The van der Waals surface area contributed by atoms with Gasteiger partial charge in [0.2, 0.25) is 0 Å². The maximum atomic E-state index is 13.8. The number of nitrogens with zero attached hydrogens (tertiary/aromatic N) is 2. The molecule has 4 nitrogen and oxygen atoms in total. The Hall–Kier alpha value is -2.09. The molecule has 1 saturated carbocycles. The van der Waals surface area contributed by atoms with Gasteiger partial charge in [0, 0.05) is 12.1 Å². The van der Waals surface area contributed by atoms with E-state index in [1.54, 1.807) is 10.6 Å². The van der Waals surface area contributed by atoms with Crippen LogP contribution in [0.3, 0.4) is 0 Å². The molecule has 1 aliphatic carbocycles. The van der Waals surface area contributed by atoms with Gasteiger partial charge in [-0.15, -0.1) is 0 Å². The van der Waals surface area contributed by atoms with Crippen molar-refractivity contribution in [3.63, 3.8) is 0 Å². The van der Waals surface area contributed by atoms with Crippen LogP contribution in [0.4, 0.5) is 4.39 Å². The zero-order valence-electron chi connectivity index (χ0n) is 11.3. The molecule has 1 aliphatic rings. The minimum absolute atomic E-state index is 0.0387. The Balaban J connectivity index is 2.12. The zero-order chi connectivity index (χ0) is 14.3. The molecule has 0 amide bonds. The molecular weight excluding hydrogens is 257 g/mol. The molecule has 1 heterocycles. The lowest BCUT2D eigenvalue weighted by atomic mass is 9.87. The summed E-state index contributed by atoms with van der Waals surface area (Å²) in [6, 6.07) is 4.63. The van der Waals surface area contributed by atoms with E-state index in [0.29, 0.717) is 17.0 Å². The molecule has 1 aromatic heterocycles. The molecule has 0 saturated heterocycles. The second-order valence-electron chi connectivity index (χ2n) is 5.67. The first-order valence-corrected chi connectivity index (χ1v) is 6.94. The summed E-state index contributed by atoms with van der Waals surface area (Å²) >= 11 is 0. The number of H-pyrrole nitrogens is 1. The smallest absolute Gasteiger partial charge is 0.305 e. The van der Waals surface area contributed by atoms with Gasteiger partial charge in [-0.05, 0) is 37.7 Å². The van der Waals surface area contributed by atoms with Crippen LogP contribution in [0.2, 0.25) is 0 Å². The van der Waals surface area contributed by atoms with Crippen LogP contribution in [0, 0.1) is 23.1 Å². The van der Waals surface area contributed by atoms with E-state index in [9.17, 15) is 9.18 Å². The van der Waals surface area contributed by atoms with E-state index in [1.165, 1.54) is 12.1 Å². The highest BCUT2D eigenvalue weighted by Crippen LogP contribution is 2.32. The molecule has 0 atom stereocenters. The van der Waals surface area contributed by atoms with Gasteiger partial charge in [0.1, 0.15) is 11.9 Å². The first-order chi connectivity index (χ1) is 9.60. The van der Waals surface area contributed by atoms with Crippen LogP contribution in [-0.2, 0) is 0 Å². The van der Waals surface area contributed by atoms with Gasteiger partial charge in [0.15, 0.2) is 0 Å². The van der Waals surface area contributed by atoms with Crippen LogP contribution in [0.15, 0.2) is 16.9 Å². The van der Waals surface area contributed by atoms with Crippen LogP contribution in [0.1, 0.15) is 44.2 Å². The Morgan fingerprint density at radius 1 is 1.35 bits per heavy atom. The summed E-state index contributed by atoms with van der Waals surface area (Å²) in [5.74, 6) is 0.117. The van der Waals surface area contributed by atoms with Crippen molar-refractivity contribution in [1.29, 1.82) is 5.26 Å². The average Bonchev–Trinajstić information content (AvgIpc) is 2.74. The topological polar surface area (TPSA) is 61.6 Å². The van der Waals surface area contributed by atoms with E-state index in [0.717, 1.165) is 25.7 Å². The molecule has 0 spiro atoms. The van der Waals surface area contributed by atoms with Gasteiger partial charge >= 0.3 is 5.69 Å². The Kier molecular flexibility index (Phi) is 3.09. The van der Waals surface area contributed by atoms with Crippen LogP contribution < -0.4 is 5.69 Å². The Bertz CT molecular complexity index is 745. The molecule has 5 heteroatoms. The number of rotatable bonds is 1. The molecule has 1 fully saturated rings. The van der Waals surface area contributed by atoms with Gasteiger partial charge in [-0.3, -0.25) is 4.57 Å².